The van der Waals surface area contributed by atoms with Crippen LogP contribution in [0.15, 0.2) is 42.6 Å². The van der Waals surface area contributed by atoms with Crippen molar-refractivity contribution in [2.24, 2.45) is 5.92 Å². The van der Waals surface area contributed by atoms with E-state index in [9.17, 15) is 4.79 Å². The molecule has 0 aliphatic heterocycles. The Morgan fingerprint density at radius 1 is 1.30 bits per heavy atom. The van der Waals surface area contributed by atoms with E-state index in [1.165, 1.54) is 12.8 Å². The van der Waals surface area contributed by atoms with Gasteiger partial charge in [-0.2, -0.15) is 0 Å². The maximum Gasteiger partial charge on any atom is 0.254 e. The number of rotatable bonds is 7. The quantitative estimate of drug-likeness (QED) is 0.474. The Morgan fingerprint density at radius 3 is 2.89 bits per heavy atom. The van der Waals surface area contributed by atoms with Crippen LogP contribution >= 0.6 is 22.6 Å². The number of hydrogen-bond acceptors (Lipinski definition) is 3. The number of pyridine rings is 1. The molecule has 1 fully saturated rings. The Bertz CT molecular complexity index is 964. The fraction of sp³-hybridized carbons (Fsp3) is 0.381. The molecule has 0 bridgehead atoms. The largest absolute Gasteiger partial charge is 0.331 e. The second-order valence-corrected chi connectivity index (χ2v) is 8.41. The number of hydrogen-bond donors (Lipinski definition) is 0. The minimum Gasteiger partial charge on any atom is -0.331 e. The molecule has 6 heteroatoms. The zero-order valence-electron chi connectivity index (χ0n) is 15.4. The number of halogens is 1. The average Bonchev–Trinajstić information content (AvgIpc) is 3.43. The Kier molecular flexibility index (Phi) is 5.43. The van der Waals surface area contributed by atoms with Crippen molar-refractivity contribution in [2.45, 2.75) is 39.3 Å². The van der Waals surface area contributed by atoms with Crippen LogP contribution in [0.1, 0.15) is 42.4 Å². The number of carbonyl (C=O) groups is 1. The van der Waals surface area contributed by atoms with Crippen LogP contribution < -0.4 is 0 Å². The average molecular weight is 474 g/mol. The van der Waals surface area contributed by atoms with E-state index in [4.69, 9.17) is 4.98 Å². The van der Waals surface area contributed by atoms with Crippen molar-refractivity contribution in [3.05, 3.63) is 57.6 Å². The van der Waals surface area contributed by atoms with E-state index >= 15 is 0 Å². The van der Waals surface area contributed by atoms with Gasteiger partial charge in [0.25, 0.3) is 5.91 Å². The third-order valence-corrected chi connectivity index (χ3v) is 5.58. The molecule has 3 aromatic rings. The highest BCUT2D eigenvalue weighted by Crippen LogP contribution is 2.32. The lowest BCUT2D eigenvalue weighted by molar-refractivity contribution is 0.0737. The van der Waals surface area contributed by atoms with E-state index in [2.05, 4.69) is 39.1 Å². The molecule has 1 aliphatic rings. The van der Waals surface area contributed by atoms with Crippen molar-refractivity contribution in [1.29, 1.82) is 0 Å². The smallest absolute Gasteiger partial charge is 0.254 e. The van der Waals surface area contributed by atoms with Crippen LogP contribution in [0.25, 0.3) is 11.2 Å². The van der Waals surface area contributed by atoms with E-state index in [1.807, 2.05) is 47.5 Å². The number of amides is 1. The first-order valence-electron chi connectivity index (χ1n) is 9.50. The number of benzene rings is 1. The number of aromatic nitrogens is 3. The molecule has 0 N–H and O–H groups in total. The number of nitrogens with zero attached hydrogens (tertiary/aromatic N) is 4. The molecule has 4 rings (SSSR count). The molecule has 2 aromatic heterocycles. The lowest BCUT2D eigenvalue weighted by Gasteiger charge is -2.22. The summed E-state index contributed by atoms with van der Waals surface area (Å²) in [5.74, 6) is 1.71. The summed E-state index contributed by atoms with van der Waals surface area (Å²) in [6, 6.07) is 11.7. The molecule has 0 atom stereocenters. The number of fused-ring (bicyclic) bond motifs is 1. The summed E-state index contributed by atoms with van der Waals surface area (Å²) in [6.07, 6.45) is 5.27. The lowest BCUT2D eigenvalue weighted by atomic mass is 10.2. The molecule has 0 saturated heterocycles. The first kappa shape index (κ1) is 18.4. The van der Waals surface area contributed by atoms with Crippen LogP contribution in [0, 0.1) is 9.49 Å². The molecular formula is C21H23IN4O. The predicted octanol–water partition coefficient (Wildman–Crippen LogP) is 4.50. The van der Waals surface area contributed by atoms with Gasteiger partial charge in [0, 0.05) is 28.4 Å². The summed E-state index contributed by atoms with van der Waals surface area (Å²) in [5, 5.41) is 0. The molecule has 2 heterocycles. The molecule has 1 aliphatic carbocycles. The SMILES string of the molecule is CCCN(Cc1nc2cccnc2n1CC1CC1)C(=O)c1cccc(I)c1. The maximum absolute atomic E-state index is 13.1. The summed E-state index contributed by atoms with van der Waals surface area (Å²) >= 11 is 2.25. The van der Waals surface area contributed by atoms with Gasteiger partial charge in [-0.05, 0) is 78.1 Å². The molecule has 5 nitrogen and oxygen atoms in total. The molecular weight excluding hydrogens is 451 g/mol. The normalized spacial score (nSPS) is 13.9. The van der Waals surface area contributed by atoms with Gasteiger partial charge in [-0.3, -0.25) is 4.79 Å². The van der Waals surface area contributed by atoms with Crippen LogP contribution in [-0.4, -0.2) is 31.9 Å². The van der Waals surface area contributed by atoms with Crippen LogP contribution in [0.2, 0.25) is 0 Å². The van der Waals surface area contributed by atoms with Gasteiger partial charge in [-0.1, -0.05) is 13.0 Å². The summed E-state index contributed by atoms with van der Waals surface area (Å²) in [7, 11) is 0. The number of carbonyl (C=O) groups excluding carboxylic acids is 1. The second kappa shape index (κ2) is 7.96. The van der Waals surface area contributed by atoms with Crippen molar-refractivity contribution in [2.75, 3.05) is 6.54 Å². The fourth-order valence-electron chi connectivity index (χ4n) is 3.37. The van der Waals surface area contributed by atoms with Crippen molar-refractivity contribution in [3.63, 3.8) is 0 Å². The second-order valence-electron chi connectivity index (χ2n) is 7.17. The van der Waals surface area contributed by atoms with Crippen molar-refractivity contribution >= 4 is 39.7 Å². The molecule has 0 unspecified atom stereocenters. The van der Waals surface area contributed by atoms with Gasteiger partial charge in [0.05, 0.1) is 6.54 Å². The van der Waals surface area contributed by atoms with E-state index in [1.54, 1.807) is 0 Å². The van der Waals surface area contributed by atoms with Gasteiger partial charge < -0.3 is 9.47 Å². The Morgan fingerprint density at radius 2 is 2.15 bits per heavy atom. The topological polar surface area (TPSA) is 51.0 Å². The summed E-state index contributed by atoms with van der Waals surface area (Å²) < 4.78 is 3.29. The van der Waals surface area contributed by atoms with Gasteiger partial charge in [0.2, 0.25) is 0 Å². The van der Waals surface area contributed by atoms with Crippen LogP contribution in [-0.2, 0) is 13.1 Å². The molecule has 1 saturated carbocycles. The van der Waals surface area contributed by atoms with E-state index in [-0.39, 0.29) is 5.91 Å². The van der Waals surface area contributed by atoms with Crippen molar-refractivity contribution in [3.8, 4) is 0 Å². The molecule has 27 heavy (non-hydrogen) atoms. The van der Waals surface area contributed by atoms with E-state index in [0.29, 0.717) is 19.0 Å². The van der Waals surface area contributed by atoms with Crippen LogP contribution in [0.4, 0.5) is 0 Å². The molecule has 1 aromatic carbocycles. The number of imidazole rings is 1. The van der Waals surface area contributed by atoms with Gasteiger partial charge in [-0.25, -0.2) is 9.97 Å². The third kappa shape index (κ3) is 4.15. The summed E-state index contributed by atoms with van der Waals surface area (Å²) in [4.78, 5) is 24.4. The minimum atomic E-state index is 0.0633. The van der Waals surface area contributed by atoms with Gasteiger partial charge >= 0.3 is 0 Å². The minimum absolute atomic E-state index is 0.0633. The maximum atomic E-state index is 13.1. The fourth-order valence-corrected chi connectivity index (χ4v) is 3.92. The Balaban J connectivity index is 1.66. The summed E-state index contributed by atoms with van der Waals surface area (Å²) in [6.45, 7) is 4.27. The zero-order valence-corrected chi connectivity index (χ0v) is 17.6. The first-order valence-corrected chi connectivity index (χ1v) is 10.6. The standard InChI is InChI=1S/C21H23IN4O/c1-2-11-25(21(27)16-5-3-6-17(22)12-16)14-19-24-18-7-4-10-23-20(18)26(19)13-15-8-9-15/h3-7,10,12,15H,2,8-9,11,13-14H2,1H3. The summed E-state index contributed by atoms with van der Waals surface area (Å²) in [5.41, 5.74) is 2.57. The molecule has 1 amide bonds. The molecule has 0 spiro atoms. The van der Waals surface area contributed by atoms with Crippen LogP contribution in [0.5, 0.6) is 0 Å². The first-order chi connectivity index (χ1) is 13.2. The highest BCUT2D eigenvalue weighted by atomic mass is 127. The lowest BCUT2D eigenvalue weighted by Crippen LogP contribution is -2.32. The predicted molar refractivity (Wildman–Crippen MR) is 114 cm³/mol. The highest BCUT2D eigenvalue weighted by Gasteiger charge is 2.26. The Labute approximate surface area is 172 Å². The molecule has 140 valence electrons. The van der Waals surface area contributed by atoms with Gasteiger partial charge in [0.1, 0.15) is 11.3 Å². The molecule has 0 radical (unpaired) electrons. The van der Waals surface area contributed by atoms with Gasteiger partial charge in [-0.15, -0.1) is 0 Å². The van der Waals surface area contributed by atoms with E-state index < -0.39 is 0 Å². The monoisotopic (exact) mass is 474 g/mol. The van der Waals surface area contributed by atoms with Crippen molar-refractivity contribution < 1.29 is 4.79 Å². The highest BCUT2D eigenvalue weighted by molar-refractivity contribution is 14.1. The zero-order chi connectivity index (χ0) is 18.8. The third-order valence-electron chi connectivity index (χ3n) is 4.91. The van der Waals surface area contributed by atoms with Crippen molar-refractivity contribution in [1.82, 2.24) is 19.4 Å². The Hall–Kier alpha value is -1.96. The van der Waals surface area contributed by atoms with E-state index in [0.717, 1.165) is 39.1 Å². The van der Waals surface area contributed by atoms with Crippen LogP contribution in [0.3, 0.4) is 0 Å². The van der Waals surface area contributed by atoms with Gasteiger partial charge in [0.15, 0.2) is 5.65 Å².